The maximum Gasteiger partial charge on any atom is 0.192 e. The average Bonchev–Trinajstić information content (AvgIpc) is 2.63. The van der Waals surface area contributed by atoms with Crippen LogP contribution in [0.2, 0.25) is 18.1 Å². The first-order valence-electron chi connectivity index (χ1n) is 11.6. The molecule has 5 nitrogen and oxygen atoms in total. The molecule has 0 spiro atoms. The van der Waals surface area contributed by atoms with Crippen molar-refractivity contribution in [1.82, 2.24) is 0 Å². The average molecular weight is 455 g/mol. The topological polar surface area (TPSA) is 68.2 Å². The van der Waals surface area contributed by atoms with Gasteiger partial charge in [-0.3, -0.25) is 0 Å². The second kappa shape index (κ2) is 9.39. The fourth-order valence-electron chi connectivity index (χ4n) is 4.17. The van der Waals surface area contributed by atoms with Gasteiger partial charge in [-0.1, -0.05) is 66.7 Å². The summed E-state index contributed by atoms with van der Waals surface area (Å²) in [6, 6.07) is 0. The van der Waals surface area contributed by atoms with Gasteiger partial charge in [0, 0.05) is 17.8 Å². The lowest BCUT2D eigenvalue weighted by atomic mass is 9.60. The Balaban J connectivity index is 2.30. The number of aliphatic hydroxyl groups excluding tert-OH is 1. The molecule has 2 rings (SSSR count). The molecule has 180 valence electrons. The fourth-order valence-corrected chi connectivity index (χ4v) is 5.12. The predicted molar refractivity (Wildman–Crippen MR) is 128 cm³/mol. The number of ether oxygens (including phenoxy) is 2. The van der Waals surface area contributed by atoms with Gasteiger partial charge in [-0.05, 0) is 35.5 Å². The van der Waals surface area contributed by atoms with E-state index < -0.39 is 13.9 Å². The molecule has 1 aliphatic carbocycles. The lowest BCUT2D eigenvalue weighted by Gasteiger charge is -2.50. The summed E-state index contributed by atoms with van der Waals surface area (Å²) in [6.45, 7) is 21.3. The maximum atomic E-state index is 12.0. The third-order valence-electron chi connectivity index (χ3n) is 7.48. The smallest absolute Gasteiger partial charge is 0.192 e. The Labute approximate surface area is 191 Å². The van der Waals surface area contributed by atoms with Crippen LogP contribution in [0, 0.1) is 16.7 Å². The van der Waals surface area contributed by atoms with Crippen LogP contribution in [0.25, 0.3) is 0 Å². The minimum Gasteiger partial charge on any atom is -0.413 e. The molecule has 1 saturated heterocycles. The molecule has 1 fully saturated rings. The van der Waals surface area contributed by atoms with Crippen molar-refractivity contribution in [3.8, 4) is 0 Å². The van der Waals surface area contributed by atoms with Crippen LogP contribution in [-0.2, 0) is 13.9 Å². The zero-order valence-corrected chi connectivity index (χ0v) is 22.2. The van der Waals surface area contributed by atoms with E-state index in [-0.39, 0.29) is 34.7 Å². The summed E-state index contributed by atoms with van der Waals surface area (Å²) >= 11 is 0. The lowest BCUT2D eigenvalue weighted by Crippen LogP contribution is -2.53. The molecule has 2 aliphatic rings. The van der Waals surface area contributed by atoms with Gasteiger partial charge in [-0.15, -0.1) is 0 Å². The second-order valence-corrected chi connectivity index (χ2v) is 17.2. The van der Waals surface area contributed by atoms with E-state index in [2.05, 4.69) is 67.6 Å². The molecule has 0 unspecified atom stereocenters. The molecule has 0 bridgehead atoms. The number of aliphatic hydroxyl groups is 2. The van der Waals surface area contributed by atoms with Gasteiger partial charge in [0.05, 0.1) is 26.4 Å². The molecule has 0 radical (unpaired) electrons. The highest BCUT2D eigenvalue weighted by Crippen LogP contribution is 2.50. The summed E-state index contributed by atoms with van der Waals surface area (Å²) < 4.78 is 18.6. The predicted octanol–water partition coefficient (Wildman–Crippen LogP) is 5.05. The van der Waals surface area contributed by atoms with Gasteiger partial charge in [0.25, 0.3) is 0 Å². The minimum atomic E-state index is -1.97. The van der Waals surface area contributed by atoms with Crippen molar-refractivity contribution in [3.05, 3.63) is 23.8 Å². The van der Waals surface area contributed by atoms with Gasteiger partial charge in [0.1, 0.15) is 5.60 Å². The molecule has 2 N–H and O–H groups in total. The molecule has 1 heterocycles. The van der Waals surface area contributed by atoms with E-state index in [0.29, 0.717) is 26.2 Å². The van der Waals surface area contributed by atoms with Crippen LogP contribution in [0.5, 0.6) is 0 Å². The minimum absolute atomic E-state index is 0.00769. The summed E-state index contributed by atoms with van der Waals surface area (Å²) in [4.78, 5) is 0. The summed E-state index contributed by atoms with van der Waals surface area (Å²) in [7, 11) is -1.97. The van der Waals surface area contributed by atoms with Crippen LogP contribution in [0.4, 0.5) is 0 Å². The molecule has 0 aromatic heterocycles. The Bertz CT molecular complexity index is 664. The second-order valence-electron chi connectivity index (χ2n) is 12.4. The van der Waals surface area contributed by atoms with Crippen molar-refractivity contribution in [2.75, 3.05) is 26.4 Å². The molecular formula is C25H46O5Si. The molecule has 2 atom stereocenters. The van der Waals surface area contributed by atoms with Gasteiger partial charge in [-0.25, -0.2) is 0 Å². The third kappa shape index (κ3) is 6.30. The van der Waals surface area contributed by atoms with Crippen molar-refractivity contribution < 1.29 is 24.1 Å². The molecule has 0 amide bonds. The number of allylic oxidation sites excluding steroid dienone is 1. The fraction of sp³-hybridized carbons (Fsp3) is 0.840. The molecule has 0 saturated carbocycles. The van der Waals surface area contributed by atoms with E-state index >= 15 is 0 Å². The highest BCUT2D eigenvalue weighted by atomic mass is 28.4. The summed E-state index contributed by atoms with van der Waals surface area (Å²) in [5, 5.41) is 21.6. The van der Waals surface area contributed by atoms with Crippen LogP contribution >= 0.6 is 0 Å². The van der Waals surface area contributed by atoms with Gasteiger partial charge in [0.2, 0.25) is 0 Å². The summed E-state index contributed by atoms with van der Waals surface area (Å²) in [5.74, 6) is -0.128. The van der Waals surface area contributed by atoms with Crippen LogP contribution in [0.15, 0.2) is 23.8 Å². The van der Waals surface area contributed by atoms with Crippen LogP contribution in [0.1, 0.15) is 61.3 Å². The Kier molecular flexibility index (Phi) is 8.10. The maximum absolute atomic E-state index is 12.0. The van der Waals surface area contributed by atoms with Crippen LogP contribution in [0.3, 0.4) is 0 Å². The van der Waals surface area contributed by atoms with Crippen molar-refractivity contribution in [2.45, 2.75) is 91.3 Å². The summed E-state index contributed by atoms with van der Waals surface area (Å²) in [5.41, 5.74) is -0.489. The molecular weight excluding hydrogens is 408 g/mol. The van der Waals surface area contributed by atoms with E-state index in [9.17, 15) is 10.2 Å². The molecule has 6 heteroatoms. The van der Waals surface area contributed by atoms with Gasteiger partial charge >= 0.3 is 0 Å². The van der Waals surface area contributed by atoms with E-state index in [4.69, 9.17) is 13.9 Å². The van der Waals surface area contributed by atoms with Gasteiger partial charge in [0.15, 0.2) is 14.6 Å². The number of hydrogen-bond donors (Lipinski definition) is 2. The normalized spacial score (nSPS) is 29.9. The van der Waals surface area contributed by atoms with Crippen LogP contribution in [-0.4, -0.2) is 56.8 Å². The first kappa shape index (κ1) is 26.7. The highest BCUT2D eigenvalue weighted by Gasteiger charge is 2.51. The quantitative estimate of drug-likeness (QED) is 0.416. The monoisotopic (exact) mass is 454 g/mol. The van der Waals surface area contributed by atoms with Crippen molar-refractivity contribution >= 4 is 8.32 Å². The van der Waals surface area contributed by atoms with E-state index in [1.807, 2.05) is 0 Å². The van der Waals surface area contributed by atoms with E-state index in [0.717, 1.165) is 12.0 Å². The largest absolute Gasteiger partial charge is 0.413 e. The summed E-state index contributed by atoms with van der Waals surface area (Å²) in [6.07, 6.45) is 6.63. The number of hydrogen-bond acceptors (Lipinski definition) is 5. The van der Waals surface area contributed by atoms with Crippen LogP contribution < -0.4 is 0 Å². The molecule has 0 aromatic rings. The SMILES string of the molecule is CC1(C)COC(C[C@@H]2C(C)(C)CC=C(CO[Si](C)(C)C(C)(C)C)[C@@]2(O)/C=C/CO)OC1. The van der Waals surface area contributed by atoms with Gasteiger partial charge < -0.3 is 24.1 Å². The standard InChI is InChI=1S/C25H46O5Si/c1-22(2,3)31(8,9)30-16-19-11-13-24(6,7)20(25(19,27)12-10-14-26)15-21-28-17-23(4,5)18-29-21/h10-12,20-21,26-27H,13-18H2,1-9H3/b12-10+/t20-,25+/m1/s1. The Morgan fingerprint density at radius 2 is 1.74 bits per heavy atom. The molecule has 0 aromatic carbocycles. The third-order valence-corrected chi connectivity index (χ3v) is 12.0. The molecule has 1 aliphatic heterocycles. The van der Waals surface area contributed by atoms with Crippen molar-refractivity contribution in [3.63, 3.8) is 0 Å². The molecule has 31 heavy (non-hydrogen) atoms. The Morgan fingerprint density at radius 1 is 1.16 bits per heavy atom. The Hall–Kier alpha value is -0.503. The first-order chi connectivity index (χ1) is 14.0. The number of rotatable bonds is 7. The van der Waals surface area contributed by atoms with Gasteiger partial charge in [-0.2, -0.15) is 0 Å². The van der Waals surface area contributed by atoms with E-state index in [1.165, 1.54) is 0 Å². The Morgan fingerprint density at radius 3 is 2.26 bits per heavy atom. The van der Waals surface area contributed by atoms with Crippen molar-refractivity contribution in [1.29, 1.82) is 0 Å². The highest BCUT2D eigenvalue weighted by molar-refractivity contribution is 6.74. The van der Waals surface area contributed by atoms with E-state index in [1.54, 1.807) is 12.2 Å². The zero-order chi connectivity index (χ0) is 23.7. The first-order valence-corrected chi connectivity index (χ1v) is 14.5. The lowest BCUT2D eigenvalue weighted by molar-refractivity contribution is -0.237. The zero-order valence-electron chi connectivity index (χ0n) is 21.2. The van der Waals surface area contributed by atoms with Crippen molar-refractivity contribution in [2.24, 2.45) is 16.7 Å².